The van der Waals surface area contributed by atoms with Crippen molar-refractivity contribution < 1.29 is 19.8 Å². The summed E-state index contributed by atoms with van der Waals surface area (Å²) in [5.74, 6) is -3.27. The highest BCUT2D eigenvalue weighted by molar-refractivity contribution is 5.86. The van der Waals surface area contributed by atoms with Crippen molar-refractivity contribution in [1.82, 2.24) is 5.32 Å². The molecular formula is C14H19NO4. The number of hydrogen-bond donors (Lipinski definition) is 3. The Hall–Kier alpha value is -1.88. The zero-order chi connectivity index (χ0) is 14.5. The van der Waals surface area contributed by atoms with E-state index >= 15 is 0 Å². The van der Waals surface area contributed by atoms with Crippen LogP contribution in [-0.4, -0.2) is 27.7 Å². The highest BCUT2D eigenvalue weighted by atomic mass is 16.4. The van der Waals surface area contributed by atoms with Gasteiger partial charge in [0.15, 0.2) is 0 Å². The van der Waals surface area contributed by atoms with Gasteiger partial charge in [-0.25, -0.2) is 0 Å². The van der Waals surface area contributed by atoms with Crippen LogP contribution in [0.2, 0.25) is 0 Å². The number of carbonyl (C=O) groups is 2. The Morgan fingerprint density at radius 1 is 1.26 bits per heavy atom. The molecule has 1 aromatic carbocycles. The summed E-state index contributed by atoms with van der Waals surface area (Å²) in [6, 6.07) is 9.30. The molecule has 0 amide bonds. The van der Waals surface area contributed by atoms with Gasteiger partial charge in [-0.05, 0) is 18.9 Å². The summed E-state index contributed by atoms with van der Waals surface area (Å²) in [6.07, 6.45) is 0.197. The Bertz CT molecular complexity index is 446. The fourth-order valence-corrected chi connectivity index (χ4v) is 2.06. The van der Waals surface area contributed by atoms with Gasteiger partial charge in [-0.2, -0.15) is 0 Å². The van der Waals surface area contributed by atoms with Gasteiger partial charge >= 0.3 is 11.9 Å². The Balaban J connectivity index is 2.92. The number of benzene rings is 1. The largest absolute Gasteiger partial charge is 0.481 e. The van der Waals surface area contributed by atoms with Crippen LogP contribution in [0.4, 0.5) is 0 Å². The number of carboxylic acid groups (broad SMARTS) is 2. The molecular weight excluding hydrogens is 246 g/mol. The molecule has 0 saturated heterocycles. The number of carboxylic acids is 2. The quantitative estimate of drug-likeness (QED) is 0.699. The van der Waals surface area contributed by atoms with Crippen molar-refractivity contribution in [3.63, 3.8) is 0 Å². The monoisotopic (exact) mass is 265 g/mol. The minimum absolute atomic E-state index is 0.197. The van der Waals surface area contributed by atoms with Gasteiger partial charge in [0, 0.05) is 6.54 Å². The van der Waals surface area contributed by atoms with Crippen LogP contribution in [0.25, 0.3) is 0 Å². The Morgan fingerprint density at radius 3 is 2.26 bits per heavy atom. The lowest BCUT2D eigenvalue weighted by molar-refractivity contribution is -0.157. The first-order chi connectivity index (χ1) is 8.94. The zero-order valence-electron chi connectivity index (χ0n) is 11.1. The third kappa shape index (κ3) is 3.32. The van der Waals surface area contributed by atoms with E-state index in [1.54, 1.807) is 6.92 Å². The maximum absolute atomic E-state index is 11.5. The lowest BCUT2D eigenvalue weighted by Gasteiger charge is -2.33. The van der Waals surface area contributed by atoms with E-state index in [2.05, 4.69) is 5.32 Å². The standard InChI is InChI=1S/C14H19NO4/c1-3-14(13(18)19,10(2)12(16)17)15-9-11-7-5-4-6-8-11/h4-8,10,15H,3,9H2,1-2H3,(H,16,17)(H,18,19)/t10?,14-/m0/s1. The van der Waals surface area contributed by atoms with Gasteiger partial charge < -0.3 is 10.2 Å². The second-order valence-corrected chi connectivity index (χ2v) is 4.53. The second kappa shape index (κ2) is 6.33. The Labute approximate surface area is 112 Å². The Morgan fingerprint density at radius 2 is 1.84 bits per heavy atom. The smallest absolute Gasteiger partial charge is 0.324 e. The van der Waals surface area contributed by atoms with Crippen LogP contribution in [0.1, 0.15) is 25.8 Å². The molecule has 0 aliphatic heterocycles. The van der Waals surface area contributed by atoms with E-state index in [4.69, 9.17) is 5.11 Å². The maximum atomic E-state index is 11.5. The molecule has 0 radical (unpaired) electrons. The molecule has 0 spiro atoms. The summed E-state index contributed by atoms with van der Waals surface area (Å²) in [7, 11) is 0. The van der Waals surface area contributed by atoms with Crippen LogP contribution in [0.3, 0.4) is 0 Å². The van der Waals surface area contributed by atoms with Gasteiger partial charge in [0.2, 0.25) is 0 Å². The third-order valence-corrected chi connectivity index (χ3v) is 3.50. The van der Waals surface area contributed by atoms with Gasteiger partial charge in [0.25, 0.3) is 0 Å². The van der Waals surface area contributed by atoms with Crippen LogP contribution in [0.5, 0.6) is 0 Å². The normalized spacial score (nSPS) is 15.5. The van der Waals surface area contributed by atoms with E-state index < -0.39 is 23.4 Å². The van der Waals surface area contributed by atoms with Crippen LogP contribution < -0.4 is 5.32 Å². The molecule has 2 atom stereocenters. The van der Waals surface area contributed by atoms with Crippen molar-refractivity contribution in [2.24, 2.45) is 5.92 Å². The lowest BCUT2D eigenvalue weighted by Crippen LogP contribution is -2.58. The van der Waals surface area contributed by atoms with Crippen molar-refractivity contribution in [3.8, 4) is 0 Å². The molecule has 0 aliphatic rings. The maximum Gasteiger partial charge on any atom is 0.324 e. The average molecular weight is 265 g/mol. The lowest BCUT2D eigenvalue weighted by atomic mass is 9.82. The molecule has 0 bridgehead atoms. The van der Waals surface area contributed by atoms with Crippen LogP contribution in [-0.2, 0) is 16.1 Å². The molecule has 0 fully saturated rings. The molecule has 0 aromatic heterocycles. The fraction of sp³-hybridized carbons (Fsp3) is 0.429. The SMILES string of the molecule is CC[C@@](NCc1ccccc1)(C(=O)O)C(C)C(=O)O. The highest BCUT2D eigenvalue weighted by Crippen LogP contribution is 2.23. The van der Waals surface area contributed by atoms with Gasteiger partial charge in [-0.15, -0.1) is 0 Å². The number of rotatable bonds is 7. The summed E-state index contributed by atoms with van der Waals surface area (Å²) in [5, 5.41) is 21.4. The first-order valence-electron chi connectivity index (χ1n) is 6.19. The molecule has 104 valence electrons. The van der Waals surface area contributed by atoms with Crippen molar-refractivity contribution in [1.29, 1.82) is 0 Å². The van der Waals surface area contributed by atoms with Crippen LogP contribution >= 0.6 is 0 Å². The molecule has 0 aliphatic carbocycles. The van der Waals surface area contributed by atoms with Crippen molar-refractivity contribution >= 4 is 11.9 Å². The van der Waals surface area contributed by atoms with E-state index in [1.807, 2.05) is 30.3 Å². The van der Waals surface area contributed by atoms with E-state index in [1.165, 1.54) is 6.92 Å². The zero-order valence-corrected chi connectivity index (χ0v) is 11.1. The number of hydrogen-bond acceptors (Lipinski definition) is 3. The minimum Gasteiger partial charge on any atom is -0.481 e. The topological polar surface area (TPSA) is 86.6 Å². The first-order valence-corrected chi connectivity index (χ1v) is 6.19. The average Bonchev–Trinajstić information content (AvgIpc) is 2.40. The van der Waals surface area contributed by atoms with Crippen molar-refractivity contribution in [2.45, 2.75) is 32.4 Å². The number of nitrogens with one attached hydrogen (secondary N) is 1. The molecule has 5 heteroatoms. The molecule has 0 saturated carbocycles. The molecule has 5 nitrogen and oxygen atoms in total. The third-order valence-electron chi connectivity index (χ3n) is 3.50. The fourth-order valence-electron chi connectivity index (χ4n) is 2.06. The molecule has 0 heterocycles. The van der Waals surface area contributed by atoms with Crippen molar-refractivity contribution in [3.05, 3.63) is 35.9 Å². The van der Waals surface area contributed by atoms with E-state index in [0.29, 0.717) is 6.54 Å². The summed E-state index contributed by atoms with van der Waals surface area (Å²) in [4.78, 5) is 22.6. The van der Waals surface area contributed by atoms with Gasteiger partial charge in [0.1, 0.15) is 5.54 Å². The predicted octanol–water partition coefficient (Wildman–Crippen LogP) is 1.73. The molecule has 1 unspecified atom stereocenters. The molecule has 1 rings (SSSR count). The minimum atomic E-state index is -1.46. The van der Waals surface area contributed by atoms with Gasteiger partial charge in [-0.1, -0.05) is 37.3 Å². The predicted molar refractivity (Wildman–Crippen MR) is 70.7 cm³/mol. The summed E-state index contributed by atoms with van der Waals surface area (Å²) in [6.45, 7) is 3.40. The van der Waals surface area contributed by atoms with Crippen molar-refractivity contribution in [2.75, 3.05) is 0 Å². The first kappa shape index (κ1) is 15.2. The highest BCUT2D eigenvalue weighted by Gasteiger charge is 2.45. The second-order valence-electron chi connectivity index (χ2n) is 4.53. The molecule has 19 heavy (non-hydrogen) atoms. The van der Waals surface area contributed by atoms with Gasteiger partial charge in [-0.3, -0.25) is 14.9 Å². The Kier molecular flexibility index (Phi) is 5.06. The molecule has 3 N–H and O–H groups in total. The van der Waals surface area contributed by atoms with E-state index in [0.717, 1.165) is 5.56 Å². The summed E-state index contributed by atoms with van der Waals surface area (Å²) in [5.41, 5.74) is -0.541. The summed E-state index contributed by atoms with van der Waals surface area (Å²) >= 11 is 0. The van der Waals surface area contributed by atoms with Crippen LogP contribution in [0.15, 0.2) is 30.3 Å². The summed E-state index contributed by atoms with van der Waals surface area (Å²) < 4.78 is 0. The van der Waals surface area contributed by atoms with Gasteiger partial charge in [0.05, 0.1) is 5.92 Å². The molecule has 1 aromatic rings. The van der Waals surface area contributed by atoms with E-state index in [9.17, 15) is 14.7 Å². The van der Waals surface area contributed by atoms with Crippen LogP contribution in [0, 0.1) is 5.92 Å². The number of aliphatic carboxylic acids is 2. The van der Waals surface area contributed by atoms with E-state index in [-0.39, 0.29) is 6.42 Å².